The predicted molar refractivity (Wildman–Crippen MR) is 167 cm³/mol. The van der Waals surface area contributed by atoms with Crippen molar-refractivity contribution in [1.82, 2.24) is 20.6 Å². The Kier molecular flexibility index (Phi) is 11.3. The fourth-order valence-corrected chi connectivity index (χ4v) is 5.00. The van der Waals surface area contributed by atoms with Crippen LogP contribution in [-0.4, -0.2) is 94.9 Å². The Labute approximate surface area is 259 Å². The number of aliphatic hydroxyl groups excluding tert-OH is 2. The van der Waals surface area contributed by atoms with E-state index in [1.165, 1.54) is 21.1 Å². The number of rotatable bonds is 15. The lowest BCUT2D eigenvalue weighted by molar-refractivity contribution is -0.145. The average molecular weight is 622 g/mol. The lowest BCUT2D eigenvalue weighted by Gasteiger charge is -2.22. The molecule has 13 heteroatoms. The van der Waals surface area contributed by atoms with E-state index in [0.717, 1.165) is 32.9 Å². The molecule has 0 aliphatic carbocycles. The number of ether oxygens (including phenoxy) is 2. The number of aromatic nitrogens is 2. The fourth-order valence-electron chi connectivity index (χ4n) is 5.00. The van der Waals surface area contributed by atoms with Crippen LogP contribution in [0.25, 0.3) is 21.8 Å². The van der Waals surface area contributed by atoms with Crippen LogP contribution < -0.4 is 10.6 Å². The molecule has 0 aliphatic heterocycles. The summed E-state index contributed by atoms with van der Waals surface area (Å²) in [5.74, 6) is -1.92. The minimum absolute atomic E-state index is 0.00779. The molecule has 4 aromatic rings. The van der Waals surface area contributed by atoms with Crippen molar-refractivity contribution in [3.8, 4) is 0 Å². The molecule has 0 bridgehead atoms. The van der Waals surface area contributed by atoms with Gasteiger partial charge in [0.15, 0.2) is 6.61 Å². The number of carbonyl (C=O) groups excluding carboxylic acids is 3. The summed E-state index contributed by atoms with van der Waals surface area (Å²) < 4.78 is 10.2. The molecule has 0 radical (unpaired) electrons. The molecule has 0 aliphatic rings. The van der Waals surface area contributed by atoms with Crippen molar-refractivity contribution in [3.63, 3.8) is 0 Å². The molecule has 0 spiro atoms. The van der Waals surface area contributed by atoms with Crippen molar-refractivity contribution >= 4 is 45.3 Å². The van der Waals surface area contributed by atoms with Gasteiger partial charge in [0, 0.05) is 54.2 Å². The van der Waals surface area contributed by atoms with E-state index < -0.39 is 54.8 Å². The van der Waals surface area contributed by atoms with Crippen LogP contribution in [0.1, 0.15) is 25.0 Å². The van der Waals surface area contributed by atoms with Crippen molar-refractivity contribution in [2.24, 2.45) is 5.16 Å². The van der Waals surface area contributed by atoms with Crippen LogP contribution in [0.15, 0.2) is 66.1 Å². The number of methoxy groups -OCH3 is 2. The zero-order chi connectivity index (χ0) is 32.5. The average Bonchev–Trinajstić information content (AvgIpc) is 3.65. The molecule has 4 rings (SSSR count). The normalized spacial score (nSPS) is 15.2. The number of benzene rings is 2. The molecule has 2 amide bonds. The van der Waals surface area contributed by atoms with Gasteiger partial charge in [-0.05, 0) is 37.1 Å². The number of amides is 2. The Bertz CT molecular complexity index is 1640. The van der Waals surface area contributed by atoms with E-state index >= 15 is 0 Å². The standard InChI is InChI=1S/C32H39N5O8/c1-18(38)30(40)29(19(2)43-3)37-45-17-28(39)35-26(13-20-15-33-24-11-7-5-9-22(20)24)31(41)36-27(32(42)44-4)14-21-16-34-25-12-8-6-10-23(21)25/h5-12,15-16,18-19,26-27,30,33-34,38,40H,13-14,17H2,1-4H3,(H,35,39)(H,36,41)/b37-29-/t18-,19+,26+,27+,30+/m1/s1. The van der Waals surface area contributed by atoms with Gasteiger partial charge in [-0.3, -0.25) is 9.59 Å². The lowest BCUT2D eigenvalue weighted by Crippen LogP contribution is -2.53. The van der Waals surface area contributed by atoms with Crippen molar-refractivity contribution in [1.29, 1.82) is 0 Å². The van der Waals surface area contributed by atoms with Gasteiger partial charge in [0.1, 0.15) is 23.9 Å². The van der Waals surface area contributed by atoms with Crippen LogP contribution in [-0.2, 0) is 41.5 Å². The van der Waals surface area contributed by atoms with E-state index in [-0.39, 0.29) is 18.6 Å². The van der Waals surface area contributed by atoms with Gasteiger partial charge in [-0.2, -0.15) is 0 Å². The molecule has 2 aromatic heterocycles. The van der Waals surface area contributed by atoms with Gasteiger partial charge in [0.05, 0.1) is 19.3 Å². The molecule has 45 heavy (non-hydrogen) atoms. The molecule has 5 atom stereocenters. The van der Waals surface area contributed by atoms with E-state index in [9.17, 15) is 24.6 Å². The van der Waals surface area contributed by atoms with Gasteiger partial charge < -0.3 is 45.1 Å². The van der Waals surface area contributed by atoms with Gasteiger partial charge >= 0.3 is 5.97 Å². The van der Waals surface area contributed by atoms with Crippen LogP contribution in [0.4, 0.5) is 0 Å². The molecule has 2 heterocycles. The minimum Gasteiger partial charge on any atom is -0.467 e. The Hall–Kier alpha value is -4.72. The number of fused-ring (bicyclic) bond motifs is 2. The monoisotopic (exact) mass is 621 g/mol. The third kappa shape index (κ3) is 8.26. The number of aromatic amines is 2. The summed E-state index contributed by atoms with van der Waals surface area (Å²) in [6.07, 6.45) is 0.551. The molecule has 0 unspecified atom stereocenters. The second-order valence-corrected chi connectivity index (χ2v) is 10.7. The number of aliphatic hydroxyl groups is 2. The molecule has 0 fully saturated rings. The molecular formula is C32H39N5O8. The molecule has 0 saturated heterocycles. The number of oxime groups is 1. The predicted octanol–water partition coefficient (Wildman–Crippen LogP) is 1.73. The van der Waals surface area contributed by atoms with Crippen LogP contribution in [0.5, 0.6) is 0 Å². The highest BCUT2D eigenvalue weighted by Crippen LogP contribution is 2.21. The second kappa shape index (κ2) is 15.3. The largest absolute Gasteiger partial charge is 0.467 e. The van der Waals surface area contributed by atoms with E-state index in [2.05, 4.69) is 25.8 Å². The van der Waals surface area contributed by atoms with Crippen LogP contribution in [0.3, 0.4) is 0 Å². The highest BCUT2D eigenvalue weighted by molar-refractivity contribution is 5.94. The zero-order valence-corrected chi connectivity index (χ0v) is 25.6. The van der Waals surface area contributed by atoms with Gasteiger partial charge in [-0.25, -0.2) is 4.79 Å². The summed E-state index contributed by atoms with van der Waals surface area (Å²) in [5, 5.41) is 31.1. The first-order valence-electron chi connectivity index (χ1n) is 14.5. The molecule has 2 aromatic carbocycles. The highest BCUT2D eigenvalue weighted by Gasteiger charge is 2.30. The van der Waals surface area contributed by atoms with Gasteiger partial charge in [-0.1, -0.05) is 41.6 Å². The summed E-state index contributed by atoms with van der Waals surface area (Å²) in [6.45, 7) is 2.38. The van der Waals surface area contributed by atoms with Crippen LogP contribution in [0.2, 0.25) is 0 Å². The number of nitrogens with one attached hydrogen (secondary N) is 4. The second-order valence-electron chi connectivity index (χ2n) is 10.7. The number of nitrogens with zero attached hydrogens (tertiary/aromatic N) is 1. The number of hydrogen-bond donors (Lipinski definition) is 6. The Morgan fingerprint density at radius 3 is 1.93 bits per heavy atom. The van der Waals surface area contributed by atoms with E-state index in [1.54, 1.807) is 19.3 Å². The van der Waals surface area contributed by atoms with Crippen molar-refractivity contribution < 1.29 is 38.9 Å². The minimum atomic E-state index is -1.38. The topological polar surface area (TPSA) is 187 Å². The van der Waals surface area contributed by atoms with Crippen molar-refractivity contribution in [2.45, 2.75) is 57.1 Å². The van der Waals surface area contributed by atoms with E-state index in [1.807, 2.05) is 48.5 Å². The Balaban J connectivity index is 1.54. The summed E-state index contributed by atoms with van der Waals surface area (Å²) in [6, 6.07) is 13.0. The smallest absolute Gasteiger partial charge is 0.328 e. The molecule has 6 N–H and O–H groups in total. The summed E-state index contributed by atoms with van der Waals surface area (Å²) in [4.78, 5) is 51.1. The lowest BCUT2D eigenvalue weighted by atomic mass is 10.0. The first-order valence-corrected chi connectivity index (χ1v) is 14.5. The third-order valence-electron chi connectivity index (χ3n) is 7.55. The number of carbonyl (C=O) groups is 3. The Morgan fingerprint density at radius 2 is 1.40 bits per heavy atom. The van der Waals surface area contributed by atoms with Crippen molar-refractivity contribution in [3.05, 3.63) is 72.1 Å². The van der Waals surface area contributed by atoms with Gasteiger partial charge in [0.25, 0.3) is 5.91 Å². The molecule has 13 nitrogen and oxygen atoms in total. The maximum absolute atomic E-state index is 13.7. The molecular weight excluding hydrogens is 582 g/mol. The number of hydrogen-bond acceptors (Lipinski definition) is 9. The first kappa shape index (κ1) is 33.2. The first-order chi connectivity index (χ1) is 21.6. The van der Waals surface area contributed by atoms with Gasteiger partial charge in [0.2, 0.25) is 5.91 Å². The summed E-state index contributed by atoms with van der Waals surface area (Å²) in [5.41, 5.74) is 3.32. The fraction of sp³-hybridized carbons (Fsp3) is 0.375. The van der Waals surface area contributed by atoms with Crippen LogP contribution in [0, 0.1) is 0 Å². The van der Waals surface area contributed by atoms with Gasteiger partial charge in [-0.15, -0.1) is 0 Å². The molecule has 0 saturated carbocycles. The molecule has 240 valence electrons. The maximum atomic E-state index is 13.7. The van der Waals surface area contributed by atoms with E-state index in [0.29, 0.717) is 0 Å². The zero-order valence-electron chi connectivity index (χ0n) is 25.6. The number of H-pyrrole nitrogens is 2. The number of para-hydroxylation sites is 2. The Morgan fingerprint density at radius 1 is 0.844 bits per heavy atom. The maximum Gasteiger partial charge on any atom is 0.328 e. The number of esters is 1. The quantitative estimate of drug-likeness (QED) is 0.0658. The van der Waals surface area contributed by atoms with E-state index in [4.69, 9.17) is 14.3 Å². The summed E-state index contributed by atoms with van der Waals surface area (Å²) in [7, 11) is 2.64. The third-order valence-corrected chi connectivity index (χ3v) is 7.55. The summed E-state index contributed by atoms with van der Waals surface area (Å²) >= 11 is 0. The SMILES string of the molecule is COC(=O)[C@H](Cc1c[nH]c2ccccc12)NC(=O)[C@H](Cc1c[nH]c2ccccc12)NC(=O)CO/N=C(/[C@H](C)OC)[C@@H](O)[C@@H](C)O. The van der Waals surface area contributed by atoms with Crippen molar-refractivity contribution in [2.75, 3.05) is 20.8 Å². The highest BCUT2D eigenvalue weighted by atomic mass is 16.6. The van der Waals surface area contributed by atoms with Crippen LogP contribution >= 0.6 is 0 Å².